The van der Waals surface area contributed by atoms with E-state index in [0.29, 0.717) is 0 Å². The van der Waals surface area contributed by atoms with E-state index in [-0.39, 0.29) is 0 Å². The first-order valence-electron chi connectivity index (χ1n) is 10.7. The molecule has 1 N–H and O–H groups in total. The second kappa shape index (κ2) is 9.63. The van der Waals surface area contributed by atoms with Crippen LogP contribution in [-0.2, 0) is 0 Å². The van der Waals surface area contributed by atoms with Gasteiger partial charge < -0.3 is 19.9 Å². The van der Waals surface area contributed by atoms with Crippen molar-refractivity contribution in [3.8, 4) is 5.75 Å². The molecule has 0 amide bonds. The molecule has 1 fully saturated rings. The summed E-state index contributed by atoms with van der Waals surface area (Å²) in [7, 11) is 1.73. The summed E-state index contributed by atoms with van der Waals surface area (Å²) in [5.41, 5.74) is 2.75. The van der Waals surface area contributed by atoms with Crippen molar-refractivity contribution in [3.05, 3.63) is 48.3 Å². The van der Waals surface area contributed by atoms with Crippen molar-refractivity contribution in [1.82, 2.24) is 9.97 Å². The minimum atomic E-state index is 0.915. The number of benzene rings is 1. The summed E-state index contributed by atoms with van der Waals surface area (Å²) in [4.78, 5) is 13.6. The summed E-state index contributed by atoms with van der Waals surface area (Å²) in [5, 5.41) is 3.48. The Balaban J connectivity index is 1.31. The number of nitrogens with one attached hydrogen (secondary N) is 1. The minimum absolute atomic E-state index is 0.915. The van der Waals surface area contributed by atoms with E-state index < -0.39 is 0 Å². The zero-order chi connectivity index (χ0) is 19.9. The zero-order valence-corrected chi connectivity index (χ0v) is 17.3. The third-order valence-electron chi connectivity index (χ3n) is 5.82. The van der Waals surface area contributed by atoms with Gasteiger partial charge in [-0.25, -0.2) is 9.97 Å². The molecule has 2 aliphatic rings. The lowest BCUT2D eigenvalue weighted by Crippen LogP contribution is -2.47. The highest BCUT2D eigenvalue weighted by atomic mass is 16.5. The van der Waals surface area contributed by atoms with E-state index in [1.54, 1.807) is 19.0 Å². The maximum Gasteiger partial charge on any atom is 0.142 e. The molecule has 1 aliphatic heterocycles. The van der Waals surface area contributed by atoms with Gasteiger partial charge in [0.1, 0.15) is 23.7 Å². The van der Waals surface area contributed by atoms with E-state index in [1.807, 2.05) is 12.1 Å². The molecule has 2 aromatic rings. The third kappa shape index (κ3) is 5.00. The van der Waals surface area contributed by atoms with E-state index in [1.165, 1.54) is 25.7 Å². The van der Waals surface area contributed by atoms with Gasteiger partial charge in [-0.3, -0.25) is 0 Å². The lowest BCUT2D eigenvalue weighted by atomic mass is 9.97. The molecule has 0 radical (unpaired) electrons. The van der Waals surface area contributed by atoms with Gasteiger partial charge >= 0.3 is 0 Å². The molecule has 6 heteroatoms. The van der Waals surface area contributed by atoms with E-state index in [2.05, 4.69) is 49.4 Å². The van der Waals surface area contributed by atoms with Gasteiger partial charge in [-0.05, 0) is 44.2 Å². The fourth-order valence-corrected chi connectivity index (χ4v) is 4.17. The molecule has 1 aromatic carbocycles. The van der Waals surface area contributed by atoms with Crippen molar-refractivity contribution in [2.45, 2.75) is 32.1 Å². The fourth-order valence-electron chi connectivity index (χ4n) is 4.17. The van der Waals surface area contributed by atoms with Gasteiger partial charge in [-0.2, -0.15) is 0 Å². The van der Waals surface area contributed by atoms with Gasteiger partial charge in [-0.15, -0.1) is 0 Å². The second-order valence-electron chi connectivity index (χ2n) is 7.69. The van der Waals surface area contributed by atoms with Gasteiger partial charge in [0.25, 0.3) is 0 Å². The van der Waals surface area contributed by atoms with Crippen LogP contribution < -0.4 is 19.9 Å². The summed E-state index contributed by atoms with van der Waals surface area (Å²) in [6.07, 6.45) is 10.4. The molecular formula is C23H31N5O. The molecule has 4 rings (SSSR count). The van der Waals surface area contributed by atoms with Crippen LogP contribution >= 0.6 is 0 Å². The molecule has 0 atom stereocenters. The molecule has 6 nitrogen and oxygen atoms in total. The van der Waals surface area contributed by atoms with Gasteiger partial charge in [0.2, 0.25) is 0 Å². The number of anilines is 3. The summed E-state index contributed by atoms with van der Waals surface area (Å²) in [6.45, 7) is 4.69. The average molecular weight is 394 g/mol. The summed E-state index contributed by atoms with van der Waals surface area (Å²) < 4.78 is 5.52. The maximum atomic E-state index is 5.52. The van der Waals surface area contributed by atoms with Crippen LogP contribution in [0.4, 0.5) is 17.3 Å². The predicted octanol–water partition coefficient (Wildman–Crippen LogP) is 4.11. The summed E-state index contributed by atoms with van der Waals surface area (Å²) in [6, 6.07) is 10.3. The Morgan fingerprint density at radius 3 is 2.66 bits per heavy atom. The summed E-state index contributed by atoms with van der Waals surface area (Å²) >= 11 is 0. The monoisotopic (exact) mass is 393 g/mol. The van der Waals surface area contributed by atoms with Crippen LogP contribution in [0.3, 0.4) is 0 Å². The number of rotatable bonds is 7. The van der Waals surface area contributed by atoms with Gasteiger partial charge in [0.15, 0.2) is 0 Å². The number of allylic oxidation sites excluding steroid dienone is 1. The number of hydrogen-bond donors (Lipinski definition) is 1. The van der Waals surface area contributed by atoms with E-state index in [9.17, 15) is 0 Å². The van der Waals surface area contributed by atoms with E-state index in [0.717, 1.165) is 62.2 Å². The minimum Gasteiger partial charge on any atom is -0.495 e. The number of para-hydroxylation sites is 2. The smallest absolute Gasteiger partial charge is 0.142 e. The highest BCUT2D eigenvalue weighted by Gasteiger charge is 2.20. The quantitative estimate of drug-likeness (QED) is 0.715. The third-order valence-corrected chi connectivity index (χ3v) is 5.82. The molecule has 1 aliphatic carbocycles. The van der Waals surface area contributed by atoms with Crippen molar-refractivity contribution in [2.75, 3.05) is 55.0 Å². The highest BCUT2D eigenvalue weighted by Crippen LogP contribution is 2.29. The molecule has 0 saturated carbocycles. The van der Waals surface area contributed by atoms with Crippen LogP contribution in [0.25, 0.3) is 0 Å². The lowest BCUT2D eigenvalue weighted by molar-refractivity contribution is 0.413. The van der Waals surface area contributed by atoms with Crippen LogP contribution in [0.5, 0.6) is 5.75 Å². The van der Waals surface area contributed by atoms with Crippen LogP contribution in [0.15, 0.2) is 48.3 Å². The first-order valence-corrected chi connectivity index (χ1v) is 10.7. The number of ether oxygens (including phenoxy) is 1. The number of nitrogens with zero attached hydrogens (tertiary/aromatic N) is 4. The number of aromatic nitrogens is 2. The predicted molar refractivity (Wildman–Crippen MR) is 119 cm³/mol. The normalized spacial score (nSPS) is 17.1. The number of methoxy groups -OCH3 is 1. The van der Waals surface area contributed by atoms with Crippen molar-refractivity contribution < 1.29 is 4.74 Å². The van der Waals surface area contributed by atoms with Crippen molar-refractivity contribution in [1.29, 1.82) is 0 Å². The first-order chi connectivity index (χ1) is 14.3. The Morgan fingerprint density at radius 2 is 1.86 bits per heavy atom. The molecule has 29 heavy (non-hydrogen) atoms. The van der Waals surface area contributed by atoms with Crippen LogP contribution in [0, 0.1) is 0 Å². The molecule has 0 bridgehead atoms. The van der Waals surface area contributed by atoms with Crippen LogP contribution in [0.2, 0.25) is 0 Å². The molecule has 0 unspecified atom stereocenters. The fraction of sp³-hybridized carbons (Fsp3) is 0.478. The highest BCUT2D eigenvalue weighted by molar-refractivity contribution is 5.60. The van der Waals surface area contributed by atoms with Gasteiger partial charge in [0.05, 0.1) is 12.8 Å². The van der Waals surface area contributed by atoms with Crippen molar-refractivity contribution >= 4 is 17.3 Å². The number of piperazine rings is 1. The van der Waals surface area contributed by atoms with Gasteiger partial charge in [0, 0.05) is 38.8 Å². The van der Waals surface area contributed by atoms with Gasteiger partial charge in [-0.1, -0.05) is 23.8 Å². The molecule has 1 aromatic heterocycles. The summed E-state index contributed by atoms with van der Waals surface area (Å²) in [5.74, 6) is 2.85. The average Bonchev–Trinajstić information content (AvgIpc) is 2.80. The molecule has 1 saturated heterocycles. The largest absolute Gasteiger partial charge is 0.495 e. The Labute approximate surface area is 173 Å². The lowest BCUT2D eigenvalue weighted by Gasteiger charge is -2.37. The molecule has 154 valence electrons. The first kappa shape index (κ1) is 19.6. The van der Waals surface area contributed by atoms with Crippen LogP contribution in [-0.4, -0.2) is 49.8 Å². The van der Waals surface area contributed by atoms with Crippen molar-refractivity contribution in [2.24, 2.45) is 0 Å². The number of hydrogen-bond acceptors (Lipinski definition) is 6. The second-order valence-corrected chi connectivity index (χ2v) is 7.69. The van der Waals surface area contributed by atoms with E-state index in [4.69, 9.17) is 4.74 Å². The molecule has 2 heterocycles. The maximum absolute atomic E-state index is 5.52. The Morgan fingerprint density at radius 1 is 1.03 bits per heavy atom. The molecule has 0 spiro atoms. The SMILES string of the molecule is COc1ccccc1N1CCN(c2cc(NCCC3=CCCCC3)ncn2)CC1. The Hall–Kier alpha value is -2.76. The standard InChI is InChI=1S/C23H31N5O/c1-29-21-10-6-5-9-20(21)27-13-15-28(16-14-27)23-17-22(25-18-26-23)24-12-11-19-7-3-2-4-8-19/h5-7,9-10,17-18H,2-4,8,11-16H2,1H3,(H,24,25,26). The van der Waals surface area contributed by atoms with E-state index >= 15 is 0 Å². The topological polar surface area (TPSA) is 53.5 Å². The molecular weight excluding hydrogens is 362 g/mol. The zero-order valence-electron chi connectivity index (χ0n) is 17.3. The van der Waals surface area contributed by atoms with Crippen molar-refractivity contribution in [3.63, 3.8) is 0 Å². The Kier molecular flexibility index (Phi) is 6.49. The Bertz CT molecular complexity index is 830. The van der Waals surface area contributed by atoms with Crippen LogP contribution in [0.1, 0.15) is 32.1 Å².